The summed E-state index contributed by atoms with van der Waals surface area (Å²) < 4.78 is 1.87. The standard InChI is InChI=1S/C24H21N3O2/c1-2-27-22(25-23(26-27)19-11-7-4-8-12-19)16-17-13-14-20(21(15-17)24(28)29)18-9-5-3-6-10-18/h3-15H,2,16H2,1H3,(H,28,29). The van der Waals surface area contributed by atoms with E-state index in [1.165, 1.54) is 0 Å². The molecule has 3 aromatic carbocycles. The van der Waals surface area contributed by atoms with Crippen molar-refractivity contribution in [3.05, 3.63) is 95.8 Å². The highest BCUT2D eigenvalue weighted by Crippen LogP contribution is 2.26. The second kappa shape index (κ2) is 8.10. The van der Waals surface area contributed by atoms with Crippen LogP contribution in [0.15, 0.2) is 78.9 Å². The summed E-state index contributed by atoms with van der Waals surface area (Å²) in [4.78, 5) is 16.6. The normalized spacial score (nSPS) is 10.8. The van der Waals surface area contributed by atoms with Crippen molar-refractivity contribution < 1.29 is 9.90 Å². The number of aryl methyl sites for hydroxylation is 1. The summed E-state index contributed by atoms with van der Waals surface area (Å²) in [6, 6.07) is 25.0. The first-order chi connectivity index (χ1) is 14.2. The van der Waals surface area contributed by atoms with E-state index in [4.69, 9.17) is 4.98 Å². The van der Waals surface area contributed by atoms with Gasteiger partial charge in [-0.2, -0.15) is 5.10 Å². The molecule has 0 unspecified atom stereocenters. The number of benzene rings is 3. The predicted molar refractivity (Wildman–Crippen MR) is 113 cm³/mol. The van der Waals surface area contributed by atoms with Gasteiger partial charge in [-0.15, -0.1) is 0 Å². The maximum absolute atomic E-state index is 11.9. The van der Waals surface area contributed by atoms with Crippen LogP contribution in [0, 0.1) is 0 Å². The smallest absolute Gasteiger partial charge is 0.336 e. The van der Waals surface area contributed by atoms with Gasteiger partial charge in [-0.1, -0.05) is 72.8 Å². The lowest BCUT2D eigenvalue weighted by molar-refractivity contribution is 0.0697. The average molecular weight is 383 g/mol. The molecule has 29 heavy (non-hydrogen) atoms. The number of hydrogen-bond acceptors (Lipinski definition) is 3. The molecule has 144 valence electrons. The van der Waals surface area contributed by atoms with Gasteiger partial charge in [0.1, 0.15) is 5.82 Å². The van der Waals surface area contributed by atoms with E-state index >= 15 is 0 Å². The third-order valence-corrected chi connectivity index (χ3v) is 4.84. The Bertz CT molecular complexity index is 1140. The number of carboxylic acid groups (broad SMARTS) is 1. The summed E-state index contributed by atoms with van der Waals surface area (Å²) >= 11 is 0. The van der Waals surface area contributed by atoms with Crippen LogP contribution in [-0.4, -0.2) is 25.8 Å². The first-order valence-electron chi connectivity index (χ1n) is 9.56. The molecule has 0 spiro atoms. The van der Waals surface area contributed by atoms with Crippen molar-refractivity contribution >= 4 is 5.97 Å². The summed E-state index contributed by atoms with van der Waals surface area (Å²) in [6.45, 7) is 2.72. The maximum atomic E-state index is 11.9. The van der Waals surface area contributed by atoms with E-state index in [9.17, 15) is 9.90 Å². The van der Waals surface area contributed by atoms with Gasteiger partial charge in [0.25, 0.3) is 0 Å². The van der Waals surface area contributed by atoms with Crippen molar-refractivity contribution in [2.45, 2.75) is 19.9 Å². The van der Waals surface area contributed by atoms with Gasteiger partial charge in [-0.05, 0) is 29.7 Å². The lowest BCUT2D eigenvalue weighted by atomic mass is 9.96. The minimum absolute atomic E-state index is 0.291. The Hall–Kier alpha value is -3.73. The monoisotopic (exact) mass is 383 g/mol. The third kappa shape index (κ3) is 3.94. The van der Waals surface area contributed by atoms with Crippen LogP contribution in [0.1, 0.15) is 28.7 Å². The van der Waals surface area contributed by atoms with Crippen LogP contribution in [0.4, 0.5) is 0 Å². The number of aromatic carboxylic acids is 1. The largest absolute Gasteiger partial charge is 0.478 e. The molecular weight excluding hydrogens is 362 g/mol. The van der Waals surface area contributed by atoms with Crippen molar-refractivity contribution in [3.63, 3.8) is 0 Å². The van der Waals surface area contributed by atoms with Crippen LogP contribution in [-0.2, 0) is 13.0 Å². The SMILES string of the molecule is CCn1nc(-c2ccccc2)nc1Cc1ccc(-c2ccccc2)c(C(=O)O)c1. The zero-order valence-corrected chi connectivity index (χ0v) is 16.1. The van der Waals surface area contributed by atoms with Crippen LogP contribution >= 0.6 is 0 Å². The molecule has 0 fully saturated rings. The van der Waals surface area contributed by atoms with Crippen LogP contribution < -0.4 is 0 Å². The Labute approximate surface area is 169 Å². The molecule has 0 aliphatic carbocycles. The maximum Gasteiger partial charge on any atom is 0.336 e. The molecule has 0 aliphatic rings. The number of nitrogens with zero attached hydrogens (tertiary/aromatic N) is 3. The Morgan fingerprint density at radius 1 is 0.931 bits per heavy atom. The number of rotatable bonds is 6. The summed E-state index contributed by atoms with van der Waals surface area (Å²) in [5.41, 5.74) is 3.75. The Balaban J connectivity index is 1.69. The molecule has 0 radical (unpaired) electrons. The predicted octanol–water partition coefficient (Wildman–Crippen LogP) is 4.92. The second-order valence-electron chi connectivity index (χ2n) is 6.76. The van der Waals surface area contributed by atoms with E-state index < -0.39 is 5.97 Å². The fourth-order valence-electron chi connectivity index (χ4n) is 3.40. The molecule has 0 amide bonds. The highest BCUT2D eigenvalue weighted by molar-refractivity contribution is 5.96. The second-order valence-corrected chi connectivity index (χ2v) is 6.76. The molecular formula is C24H21N3O2. The van der Waals surface area contributed by atoms with Crippen LogP contribution in [0.25, 0.3) is 22.5 Å². The molecule has 4 aromatic rings. The zero-order valence-electron chi connectivity index (χ0n) is 16.1. The van der Waals surface area contributed by atoms with E-state index in [0.717, 1.165) is 22.5 Å². The topological polar surface area (TPSA) is 68.0 Å². The van der Waals surface area contributed by atoms with E-state index in [2.05, 4.69) is 5.10 Å². The summed E-state index contributed by atoms with van der Waals surface area (Å²) in [7, 11) is 0. The third-order valence-electron chi connectivity index (χ3n) is 4.84. The fourth-order valence-corrected chi connectivity index (χ4v) is 3.40. The van der Waals surface area contributed by atoms with E-state index in [0.29, 0.717) is 29.9 Å². The number of hydrogen-bond donors (Lipinski definition) is 1. The molecule has 5 nitrogen and oxygen atoms in total. The summed E-state index contributed by atoms with van der Waals surface area (Å²) in [5, 5.41) is 14.3. The van der Waals surface area contributed by atoms with Gasteiger partial charge in [-0.25, -0.2) is 14.5 Å². The molecule has 4 rings (SSSR count). The Morgan fingerprint density at radius 3 is 2.21 bits per heavy atom. The highest BCUT2D eigenvalue weighted by Gasteiger charge is 2.15. The van der Waals surface area contributed by atoms with Crippen molar-refractivity contribution in [2.24, 2.45) is 0 Å². The van der Waals surface area contributed by atoms with E-state index in [-0.39, 0.29) is 0 Å². The lowest BCUT2D eigenvalue weighted by Crippen LogP contribution is -2.06. The first-order valence-corrected chi connectivity index (χ1v) is 9.56. The van der Waals surface area contributed by atoms with Gasteiger partial charge >= 0.3 is 5.97 Å². The van der Waals surface area contributed by atoms with E-state index in [1.54, 1.807) is 6.07 Å². The molecule has 0 aliphatic heterocycles. The van der Waals surface area contributed by atoms with Gasteiger partial charge in [0, 0.05) is 18.5 Å². The van der Waals surface area contributed by atoms with E-state index in [1.807, 2.05) is 84.4 Å². The fraction of sp³-hybridized carbons (Fsp3) is 0.125. The Kier molecular flexibility index (Phi) is 5.20. The van der Waals surface area contributed by atoms with Gasteiger partial charge in [-0.3, -0.25) is 0 Å². The molecule has 1 aromatic heterocycles. The van der Waals surface area contributed by atoms with Crippen molar-refractivity contribution in [2.75, 3.05) is 0 Å². The van der Waals surface area contributed by atoms with Gasteiger partial charge in [0.05, 0.1) is 5.56 Å². The number of carbonyl (C=O) groups is 1. The first kappa shape index (κ1) is 18.6. The van der Waals surface area contributed by atoms with Crippen molar-refractivity contribution in [3.8, 4) is 22.5 Å². The Morgan fingerprint density at radius 2 is 1.59 bits per heavy atom. The number of carboxylic acids is 1. The minimum atomic E-state index is -0.937. The van der Waals surface area contributed by atoms with Crippen LogP contribution in [0.2, 0.25) is 0 Å². The molecule has 1 N–H and O–H groups in total. The zero-order chi connectivity index (χ0) is 20.2. The molecule has 1 heterocycles. The van der Waals surface area contributed by atoms with Crippen molar-refractivity contribution in [1.82, 2.24) is 14.8 Å². The van der Waals surface area contributed by atoms with Gasteiger partial charge < -0.3 is 5.11 Å². The van der Waals surface area contributed by atoms with Crippen LogP contribution in [0.3, 0.4) is 0 Å². The molecule has 0 saturated heterocycles. The summed E-state index contributed by atoms with van der Waals surface area (Å²) in [6.07, 6.45) is 0.517. The highest BCUT2D eigenvalue weighted by atomic mass is 16.4. The average Bonchev–Trinajstić information content (AvgIpc) is 3.17. The van der Waals surface area contributed by atoms with Crippen molar-refractivity contribution in [1.29, 1.82) is 0 Å². The quantitative estimate of drug-likeness (QED) is 0.513. The molecule has 5 heteroatoms. The number of aromatic nitrogens is 3. The van der Waals surface area contributed by atoms with Crippen LogP contribution in [0.5, 0.6) is 0 Å². The lowest BCUT2D eigenvalue weighted by Gasteiger charge is -2.09. The molecule has 0 bridgehead atoms. The molecule has 0 atom stereocenters. The van der Waals surface area contributed by atoms with Gasteiger partial charge in [0.15, 0.2) is 5.82 Å². The summed E-state index contributed by atoms with van der Waals surface area (Å²) in [5.74, 6) is 0.560. The minimum Gasteiger partial charge on any atom is -0.478 e. The van der Waals surface area contributed by atoms with Gasteiger partial charge in [0.2, 0.25) is 0 Å². The molecule has 0 saturated carbocycles.